The van der Waals surface area contributed by atoms with Crippen molar-refractivity contribution in [2.75, 3.05) is 6.79 Å². The van der Waals surface area contributed by atoms with Crippen molar-refractivity contribution in [1.29, 1.82) is 0 Å². The molecule has 72 valence electrons. The molecule has 2 rings (SSSR count). The molecule has 0 amide bonds. The number of fused-ring (bicyclic) bond motifs is 1. The monoisotopic (exact) mass is 195 g/mol. The maximum Gasteiger partial charge on any atom is 0.235 e. The third-order valence-electron chi connectivity index (χ3n) is 1.81. The topological polar surface area (TPSA) is 47.9 Å². The lowest BCUT2D eigenvalue weighted by Gasteiger charge is -2.00. The first-order chi connectivity index (χ1) is 6.81. The molecule has 1 aromatic rings. The Morgan fingerprint density at radius 1 is 1.50 bits per heavy atom. The standard InChI is InChI=1S/C9H6FNO3/c10-7-1-6(3-11-4-12)2-8-9(7)14-5-13-8/h1-2H,3,5H2. The van der Waals surface area contributed by atoms with Crippen LogP contribution in [0.4, 0.5) is 4.39 Å². The summed E-state index contributed by atoms with van der Waals surface area (Å²) in [6, 6.07) is 2.85. The number of nitrogens with zero attached hydrogens (tertiary/aromatic N) is 1. The minimum atomic E-state index is -0.504. The zero-order chi connectivity index (χ0) is 9.97. The molecule has 0 saturated carbocycles. The van der Waals surface area contributed by atoms with Crippen LogP contribution in [0.15, 0.2) is 17.1 Å². The predicted molar refractivity (Wildman–Crippen MR) is 44.3 cm³/mol. The third kappa shape index (κ3) is 1.45. The molecule has 1 aliphatic heterocycles. The molecule has 0 saturated heterocycles. The summed E-state index contributed by atoms with van der Waals surface area (Å²) < 4.78 is 23.1. The summed E-state index contributed by atoms with van der Waals surface area (Å²) >= 11 is 0. The van der Waals surface area contributed by atoms with E-state index in [1.165, 1.54) is 12.1 Å². The van der Waals surface area contributed by atoms with Gasteiger partial charge in [0.15, 0.2) is 11.6 Å². The van der Waals surface area contributed by atoms with Gasteiger partial charge in [-0.05, 0) is 17.7 Å². The fraction of sp³-hybridized carbons (Fsp3) is 0.222. The van der Waals surface area contributed by atoms with Crippen LogP contribution >= 0.6 is 0 Å². The molecule has 0 radical (unpaired) electrons. The lowest BCUT2D eigenvalue weighted by atomic mass is 10.2. The summed E-state index contributed by atoms with van der Waals surface area (Å²) in [5.41, 5.74) is 0.551. The highest BCUT2D eigenvalue weighted by atomic mass is 19.1. The van der Waals surface area contributed by atoms with Crippen molar-refractivity contribution in [3.05, 3.63) is 23.5 Å². The van der Waals surface area contributed by atoms with Gasteiger partial charge in [-0.2, -0.15) is 0 Å². The average Bonchev–Trinajstić information content (AvgIpc) is 2.63. The van der Waals surface area contributed by atoms with Crippen LogP contribution in [0.25, 0.3) is 0 Å². The minimum absolute atomic E-state index is 0.0205. The maximum absolute atomic E-state index is 13.2. The Labute approximate surface area is 79.0 Å². The van der Waals surface area contributed by atoms with E-state index in [1.807, 2.05) is 0 Å². The molecule has 0 atom stereocenters. The summed E-state index contributed by atoms with van der Waals surface area (Å²) in [4.78, 5) is 13.2. The summed E-state index contributed by atoms with van der Waals surface area (Å²) in [5.74, 6) is -0.0407. The van der Waals surface area contributed by atoms with Gasteiger partial charge in [0, 0.05) is 0 Å². The van der Waals surface area contributed by atoms with Crippen LogP contribution in [0, 0.1) is 5.82 Å². The molecule has 0 aromatic heterocycles. The molecular formula is C9H6FNO3. The van der Waals surface area contributed by atoms with E-state index < -0.39 is 5.82 Å². The highest BCUT2D eigenvalue weighted by Crippen LogP contribution is 2.35. The fourth-order valence-corrected chi connectivity index (χ4v) is 1.24. The Balaban J connectivity index is 2.36. The fourth-order valence-electron chi connectivity index (χ4n) is 1.24. The van der Waals surface area contributed by atoms with Gasteiger partial charge in [-0.25, -0.2) is 14.2 Å². The largest absolute Gasteiger partial charge is 0.453 e. The number of ether oxygens (including phenoxy) is 2. The molecule has 1 aliphatic rings. The van der Waals surface area contributed by atoms with Gasteiger partial charge in [0.2, 0.25) is 18.6 Å². The number of aliphatic imine (C=N–C) groups is 1. The van der Waals surface area contributed by atoms with Crippen molar-refractivity contribution in [2.24, 2.45) is 4.99 Å². The lowest BCUT2D eigenvalue weighted by molar-refractivity contribution is 0.171. The van der Waals surface area contributed by atoms with Crippen molar-refractivity contribution in [3.63, 3.8) is 0 Å². The van der Waals surface area contributed by atoms with Gasteiger partial charge in [-0.3, -0.25) is 0 Å². The molecule has 0 aliphatic carbocycles. The normalized spacial score (nSPS) is 12.4. The Hall–Kier alpha value is -1.87. The van der Waals surface area contributed by atoms with Gasteiger partial charge < -0.3 is 9.47 Å². The van der Waals surface area contributed by atoms with Gasteiger partial charge in [0.05, 0.1) is 6.54 Å². The molecule has 0 bridgehead atoms. The second-order valence-electron chi connectivity index (χ2n) is 2.72. The van der Waals surface area contributed by atoms with Crippen molar-refractivity contribution >= 4 is 6.08 Å². The van der Waals surface area contributed by atoms with Crippen molar-refractivity contribution in [3.8, 4) is 11.5 Å². The molecule has 0 spiro atoms. The van der Waals surface area contributed by atoms with E-state index in [4.69, 9.17) is 9.47 Å². The van der Waals surface area contributed by atoms with E-state index in [9.17, 15) is 9.18 Å². The number of hydrogen-bond donors (Lipinski definition) is 0. The highest BCUT2D eigenvalue weighted by molar-refractivity contribution is 5.46. The third-order valence-corrected chi connectivity index (χ3v) is 1.81. The van der Waals surface area contributed by atoms with Crippen LogP contribution in [0.3, 0.4) is 0 Å². The first-order valence-electron chi connectivity index (χ1n) is 3.93. The molecular weight excluding hydrogens is 189 g/mol. The van der Waals surface area contributed by atoms with Crippen LogP contribution in [0.2, 0.25) is 0 Å². The molecule has 0 N–H and O–H groups in total. The Morgan fingerprint density at radius 2 is 2.36 bits per heavy atom. The van der Waals surface area contributed by atoms with Crippen LogP contribution in [0.1, 0.15) is 5.56 Å². The smallest absolute Gasteiger partial charge is 0.235 e. The molecule has 1 aromatic carbocycles. The van der Waals surface area contributed by atoms with Crippen LogP contribution in [-0.2, 0) is 11.3 Å². The van der Waals surface area contributed by atoms with E-state index in [0.29, 0.717) is 11.3 Å². The summed E-state index contributed by atoms with van der Waals surface area (Å²) in [6.07, 6.45) is 1.38. The van der Waals surface area contributed by atoms with E-state index in [2.05, 4.69) is 4.99 Å². The number of hydrogen-bond acceptors (Lipinski definition) is 4. The van der Waals surface area contributed by atoms with Crippen molar-refractivity contribution < 1.29 is 18.7 Å². The number of benzene rings is 1. The second-order valence-corrected chi connectivity index (χ2v) is 2.72. The predicted octanol–water partition coefficient (Wildman–Crippen LogP) is 1.39. The van der Waals surface area contributed by atoms with Crippen LogP contribution in [-0.4, -0.2) is 12.9 Å². The lowest BCUT2D eigenvalue weighted by Crippen LogP contribution is -1.93. The van der Waals surface area contributed by atoms with Crippen molar-refractivity contribution in [1.82, 2.24) is 0 Å². The molecule has 5 heteroatoms. The zero-order valence-electron chi connectivity index (χ0n) is 7.12. The van der Waals surface area contributed by atoms with Crippen LogP contribution in [0.5, 0.6) is 11.5 Å². The maximum atomic E-state index is 13.2. The van der Waals surface area contributed by atoms with Gasteiger partial charge in [-0.1, -0.05) is 0 Å². The molecule has 1 heterocycles. The molecule has 14 heavy (non-hydrogen) atoms. The first kappa shape index (κ1) is 8.72. The number of rotatable bonds is 2. The van der Waals surface area contributed by atoms with E-state index in [-0.39, 0.29) is 19.1 Å². The summed E-state index contributed by atoms with van der Waals surface area (Å²) in [5, 5.41) is 0. The van der Waals surface area contributed by atoms with E-state index in [0.717, 1.165) is 0 Å². The zero-order valence-corrected chi connectivity index (χ0v) is 7.12. The van der Waals surface area contributed by atoms with Crippen LogP contribution < -0.4 is 9.47 Å². The SMILES string of the molecule is O=C=NCc1cc(F)c2c(c1)OCO2. The minimum Gasteiger partial charge on any atom is -0.453 e. The summed E-state index contributed by atoms with van der Waals surface area (Å²) in [7, 11) is 0. The summed E-state index contributed by atoms with van der Waals surface area (Å²) in [6.45, 7) is 0.115. The molecule has 0 fully saturated rings. The number of carbonyl (C=O) groups excluding carboxylic acids is 1. The van der Waals surface area contributed by atoms with E-state index in [1.54, 1.807) is 6.07 Å². The average molecular weight is 195 g/mol. The first-order valence-corrected chi connectivity index (χ1v) is 3.93. The quantitative estimate of drug-likeness (QED) is 0.529. The molecule has 0 unspecified atom stereocenters. The second kappa shape index (κ2) is 3.47. The van der Waals surface area contributed by atoms with Gasteiger partial charge in [0.1, 0.15) is 0 Å². The Kier molecular flexibility index (Phi) is 2.16. The van der Waals surface area contributed by atoms with Crippen molar-refractivity contribution in [2.45, 2.75) is 6.54 Å². The number of isocyanates is 1. The molecule has 4 nitrogen and oxygen atoms in total. The Morgan fingerprint density at radius 3 is 3.14 bits per heavy atom. The van der Waals surface area contributed by atoms with Gasteiger partial charge in [0.25, 0.3) is 0 Å². The number of halogens is 1. The Bertz CT molecular complexity index is 413. The van der Waals surface area contributed by atoms with E-state index >= 15 is 0 Å². The highest BCUT2D eigenvalue weighted by Gasteiger charge is 2.19. The van der Waals surface area contributed by atoms with Gasteiger partial charge in [-0.15, -0.1) is 0 Å². The van der Waals surface area contributed by atoms with Gasteiger partial charge >= 0.3 is 0 Å².